The molecule has 2 aromatic carbocycles. The molecule has 5 rings (SSSR count). The molecule has 148 valence electrons. The number of fused-ring (bicyclic) bond motifs is 2. The fraction of sp³-hybridized carbons (Fsp3) is 0.0870. The van der Waals surface area contributed by atoms with Crippen LogP contribution in [0.1, 0.15) is 27.3 Å². The Hall–Kier alpha value is -4.00. The van der Waals surface area contributed by atoms with Gasteiger partial charge in [-0.1, -0.05) is 18.2 Å². The fourth-order valence-electron chi connectivity index (χ4n) is 3.86. The van der Waals surface area contributed by atoms with Crippen LogP contribution in [0, 0.1) is 5.82 Å². The van der Waals surface area contributed by atoms with Crippen LogP contribution in [0.4, 0.5) is 4.39 Å². The first-order valence-electron chi connectivity index (χ1n) is 9.32. The van der Waals surface area contributed by atoms with Crippen molar-refractivity contribution in [3.63, 3.8) is 0 Å². The lowest BCUT2D eigenvalue weighted by molar-refractivity contribution is 0.0695. The van der Waals surface area contributed by atoms with Gasteiger partial charge in [0.2, 0.25) is 0 Å². The van der Waals surface area contributed by atoms with Crippen LogP contribution in [0.25, 0.3) is 22.6 Å². The quantitative estimate of drug-likeness (QED) is 0.537. The van der Waals surface area contributed by atoms with E-state index in [1.54, 1.807) is 22.9 Å². The Labute approximate surface area is 170 Å². The van der Waals surface area contributed by atoms with Crippen molar-refractivity contribution < 1.29 is 19.0 Å². The van der Waals surface area contributed by atoms with Crippen molar-refractivity contribution >= 4 is 28.5 Å². The molecule has 0 radical (unpaired) electrons. The molecule has 6 nitrogen and oxygen atoms in total. The maximum atomic E-state index is 13.5. The predicted molar refractivity (Wildman–Crippen MR) is 110 cm³/mol. The summed E-state index contributed by atoms with van der Waals surface area (Å²) in [6.45, 7) is 0. The molecule has 0 spiro atoms. The number of hydrogen-bond acceptors (Lipinski definition) is 4. The summed E-state index contributed by atoms with van der Waals surface area (Å²) in [6, 6.07) is 13.1. The van der Waals surface area contributed by atoms with Gasteiger partial charge in [-0.25, -0.2) is 9.18 Å². The van der Waals surface area contributed by atoms with E-state index in [-0.39, 0.29) is 11.4 Å². The molecule has 1 aliphatic rings. The zero-order valence-corrected chi connectivity index (χ0v) is 16.0. The van der Waals surface area contributed by atoms with E-state index in [0.717, 1.165) is 22.2 Å². The summed E-state index contributed by atoms with van der Waals surface area (Å²) in [5.74, 6) is -0.395. The molecule has 2 heterocycles. The van der Waals surface area contributed by atoms with Crippen LogP contribution >= 0.6 is 0 Å². The lowest BCUT2D eigenvalue weighted by atomic mass is 10.0. The van der Waals surface area contributed by atoms with Gasteiger partial charge < -0.3 is 9.84 Å². The van der Waals surface area contributed by atoms with Gasteiger partial charge in [0.05, 0.1) is 17.0 Å². The minimum atomic E-state index is -0.972. The van der Waals surface area contributed by atoms with Crippen molar-refractivity contribution in [3.05, 3.63) is 83.1 Å². The molecule has 0 saturated heterocycles. The molecule has 0 aliphatic heterocycles. The minimum absolute atomic E-state index is 0.251. The summed E-state index contributed by atoms with van der Waals surface area (Å²) in [5.41, 5.74) is 3.98. The minimum Gasteiger partial charge on any atom is -0.478 e. The van der Waals surface area contributed by atoms with Crippen LogP contribution in [0.3, 0.4) is 0 Å². The molecule has 30 heavy (non-hydrogen) atoms. The van der Waals surface area contributed by atoms with Gasteiger partial charge in [0, 0.05) is 31.1 Å². The molecule has 0 amide bonds. The molecule has 0 atom stereocenters. The SMILES string of the molecule is Cn1nc(C2=Cc3nccc(C(=O)O)c3C2)c2cccc(Oc3cccc(F)c3)c21. The molecule has 1 aliphatic carbocycles. The Morgan fingerprint density at radius 2 is 2.03 bits per heavy atom. The topological polar surface area (TPSA) is 77.2 Å². The average molecular weight is 401 g/mol. The molecule has 2 aromatic heterocycles. The van der Waals surface area contributed by atoms with Crippen LogP contribution in [0.2, 0.25) is 0 Å². The van der Waals surface area contributed by atoms with Gasteiger partial charge >= 0.3 is 5.97 Å². The maximum absolute atomic E-state index is 13.5. The number of hydrogen-bond donors (Lipinski definition) is 1. The standard InChI is InChI=1S/C23H16FN3O3/c1-27-22-17(6-3-7-20(22)30-15-5-2-4-14(24)12-15)21(26-27)13-10-18-16(23(28)29)8-9-25-19(18)11-13/h2-9,11-12H,10H2,1H3,(H,28,29). The normalized spacial score (nSPS) is 12.7. The number of allylic oxidation sites excluding steroid dienone is 1. The molecule has 0 unspecified atom stereocenters. The van der Waals surface area contributed by atoms with Crippen LogP contribution in [0.15, 0.2) is 54.7 Å². The van der Waals surface area contributed by atoms with Gasteiger partial charge in [-0.2, -0.15) is 5.10 Å². The monoisotopic (exact) mass is 401 g/mol. The highest BCUT2D eigenvalue weighted by Crippen LogP contribution is 2.38. The number of para-hydroxylation sites is 1. The van der Waals surface area contributed by atoms with E-state index in [0.29, 0.717) is 29.2 Å². The summed E-state index contributed by atoms with van der Waals surface area (Å²) >= 11 is 0. The summed E-state index contributed by atoms with van der Waals surface area (Å²) in [7, 11) is 1.81. The Bertz CT molecular complexity index is 1360. The number of rotatable bonds is 4. The van der Waals surface area contributed by atoms with Crippen molar-refractivity contribution in [3.8, 4) is 11.5 Å². The third kappa shape index (κ3) is 2.91. The van der Waals surface area contributed by atoms with E-state index in [1.165, 1.54) is 24.4 Å². The van der Waals surface area contributed by atoms with Crippen molar-refractivity contribution in [1.29, 1.82) is 0 Å². The van der Waals surface area contributed by atoms with Crippen molar-refractivity contribution in [2.75, 3.05) is 0 Å². The van der Waals surface area contributed by atoms with E-state index in [1.807, 2.05) is 25.3 Å². The number of aromatic nitrogens is 3. The molecular weight excluding hydrogens is 385 g/mol. The number of carbonyl (C=O) groups is 1. The average Bonchev–Trinajstić information content (AvgIpc) is 3.29. The van der Waals surface area contributed by atoms with Crippen LogP contribution in [0.5, 0.6) is 11.5 Å². The molecular formula is C23H16FN3O3. The Morgan fingerprint density at radius 1 is 1.20 bits per heavy atom. The third-order valence-corrected chi connectivity index (χ3v) is 5.15. The van der Waals surface area contributed by atoms with E-state index in [4.69, 9.17) is 4.74 Å². The summed E-state index contributed by atoms with van der Waals surface area (Å²) in [5, 5.41) is 15.0. The largest absolute Gasteiger partial charge is 0.478 e. The number of pyridine rings is 1. The van der Waals surface area contributed by atoms with Gasteiger partial charge in [0.25, 0.3) is 0 Å². The first-order valence-corrected chi connectivity index (χ1v) is 9.32. The maximum Gasteiger partial charge on any atom is 0.336 e. The molecule has 0 bridgehead atoms. The molecule has 0 fully saturated rings. The second kappa shape index (κ2) is 6.81. The van der Waals surface area contributed by atoms with Gasteiger partial charge in [-0.05, 0) is 41.5 Å². The van der Waals surface area contributed by atoms with Crippen molar-refractivity contribution in [2.24, 2.45) is 7.05 Å². The Morgan fingerprint density at radius 3 is 2.83 bits per heavy atom. The molecule has 1 N–H and O–H groups in total. The highest BCUT2D eigenvalue weighted by atomic mass is 19.1. The number of aromatic carboxylic acids is 1. The van der Waals surface area contributed by atoms with Gasteiger partial charge in [0.15, 0.2) is 5.75 Å². The Kier molecular flexibility index (Phi) is 4.10. The van der Waals surface area contributed by atoms with Crippen LogP contribution in [-0.4, -0.2) is 25.8 Å². The van der Waals surface area contributed by atoms with Gasteiger partial charge in [-0.15, -0.1) is 0 Å². The zero-order chi connectivity index (χ0) is 20.8. The highest BCUT2D eigenvalue weighted by Gasteiger charge is 2.25. The number of carboxylic acid groups (broad SMARTS) is 1. The lowest BCUT2D eigenvalue weighted by Crippen LogP contribution is -2.03. The first kappa shape index (κ1) is 18.1. The zero-order valence-electron chi connectivity index (χ0n) is 16.0. The van der Waals surface area contributed by atoms with Gasteiger partial charge in [0.1, 0.15) is 17.1 Å². The molecule has 4 aromatic rings. The number of ether oxygens (including phenoxy) is 1. The summed E-state index contributed by atoms with van der Waals surface area (Å²) < 4.78 is 21.2. The number of aryl methyl sites for hydroxylation is 1. The van der Waals surface area contributed by atoms with Crippen LogP contribution in [-0.2, 0) is 13.5 Å². The van der Waals surface area contributed by atoms with Crippen LogP contribution < -0.4 is 4.74 Å². The number of benzene rings is 2. The number of carboxylic acids is 1. The van der Waals surface area contributed by atoms with Gasteiger partial charge in [-0.3, -0.25) is 9.67 Å². The number of nitrogens with zero attached hydrogens (tertiary/aromatic N) is 3. The smallest absolute Gasteiger partial charge is 0.336 e. The highest BCUT2D eigenvalue weighted by molar-refractivity contribution is 6.01. The predicted octanol–water partition coefficient (Wildman–Crippen LogP) is 4.69. The third-order valence-electron chi connectivity index (χ3n) is 5.15. The molecule has 7 heteroatoms. The van der Waals surface area contributed by atoms with E-state index in [9.17, 15) is 14.3 Å². The van der Waals surface area contributed by atoms with E-state index in [2.05, 4.69) is 10.1 Å². The Balaban J connectivity index is 1.58. The molecule has 0 saturated carbocycles. The fourth-order valence-corrected chi connectivity index (χ4v) is 3.86. The number of halogens is 1. The second-order valence-electron chi connectivity index (χ2n) is 7.06. The van der Waals surface area contributed by atoms with Crippen molar-refractivity contribution in [1.82, 2.24) is 14.8 Å². The summed E-state index contributed by atoms with van der Waals surface area (Å²) in [6.07, 6.45) is 3.82. The summed E-state index contributed by atoms with van der Waals surface area (Å²) in [4.78, 5) is 15.9. The lowest BCUT2D eigenvalue weighted by Gasteiger charge is -2.08. The van der Waals surface area contributed by atoms with E-state index >= 15 is 0 Å². The van der Waals surface area contributed by atoms with E-state index < -0.39 is 5.97 Å². The first-order chi connectivity index (χ1) is 14.5. The second-order valence-corrected chi connectivity index (χ2v) is 7.06. The van der Waals surface area contributed by atoms with Crippen molar-refractivity contribution in [2.45, 2.75) is 6.42 Å².